The van der Waals surface area contributed by atoms with Crippen LogP contribution >= 0.6 is 11.6 Å². The van der Waals surface area contributed by atoms with Crippen LogP contribution in [0, 0.1) is 0 Å². The lowest BCUT2D eigenvalue weighted by Crippen LogP contribution is -2.30. The molecule has 6 heteroatoms. The normalized spacial score (nSPS) is 20.2. The van der Waals surface area contributed by atoms with Gasteiger partial charge in [-0.2, -0.15) is 0 Å². The van der Waals surface area contributed by atoms with E-state index in [0.717, 1.165) is 19.4 Å². The Morgan fingerprint density at radius 2 is 2.17 bits per heavy atom. The van der Waals surface area contributed by atoms with Crippen molar-refractivity contribution in [3.8, 4) is 0 Å². The molecule has 1 aliphatic rings. The molecule has 0 aliphatic carbocycles. The molecule has 1 aromatic rings. The predicted molar refractivity (Wildman–Crippen MR) is 72.3 cm³/mol. The van der Waals surface area contributed by atoms with E-state index in [0.29, 0.717) is 12.6 Å². The molecule has 1 fully saturated rings. The second-order valence-corrected chi connectivity index (χ2v) is 6.55. The minimum absolute atomic E-state index is 0.144. The van der Waals surface area contributed by atoms with E-state index in [2.05, 4.69) is 10.0 Å². The number of hydrogen-bond donors (Lipinski definition) is 2. The number of rotatable bonds is 5. The van der Waals surface area contributed by atoms with Crippen LogP contribution in [0.1, 0.15) is 19.3 Å². The van der Waals surface area contributed by atoms with Crippen molar-refractivity contribution < 1.29 is 8.42 Å². The summed E-state index contributed by atoms with van der Waals surface area (Å²) in [4.78, 5) is 0.144. The molecule has 0 radical (unpaired) electrons. The molecule has 2 rings (SSSR count). The lowest BCUT2D eigenvalue weighted by molar-refractivity contribution is 0.539. The van der Waals surface area contributed by atoms with Gasteiger partial charge in [-0.25, -0.2) is 13.1 Å². The summed E-state index contributed by atoms with van der Waals surface area (Å²) in [6.45, 7) is 1.47. The maximum Gasteiger partial charge on any atom is 0.242 e. The van der Waals surface area contributed by atoms with Crippen molar-refractivity contribution in [2.24, 2.45) is 0 Å². The third-order valence-corrected chi connectivity index (χ3v) is 5.03. The summed E-state index contributed by atoms with van der Waals surface area (Å²) in [6, 6.07) is 6.90. The molecule has 0 spiro atoms. The van der Waals surface area contributed by atoms with Gasteiger partial charge in [0.25, 0.3) is 0 Å². The summed E-state index contributed by atoms with van der Waals surface area (Å²) in [7, 11) is -3.49. The predicted octanol–water partition coefficient (Wildman–Crippen LogP) is 1.76. The molecule has 1 atom stereocenters. The van der Waals surface area contributed by atoms with E-state index >= 15 is 0 Å². The standard InChI is InChI=1S/C12H17ClN2O2S/c13-11-5-1-2-6-12(11)18(16,17)15-9-7-10-4-3-8-14-10/h1-2,5-6,10,14-15H,3-4,7-9H2/t10-/m0/s1. The second kappa shape index (κ2) is 6.02. The van der Waals surface area contributed by atoms with Crippen molar-refractivity contribution in [1.29, 1.82) is 0 Å². The lowest BCUT2D eigenvalue weighted by Gasteiger charge is -2.11. The topological polar surface area (TPSA) is 58.2 Å². The highest BCUT2D eigenvalue weighted by Gasteiger charge is 2.18. The van der Waals surface area contributed by atoms with Crippen LogP contribution < -0.4 is 10.0 Å². The first-order valence-electron chi connectivity index (χ1n) is 6.07. The fourth-order valence-electron chi connectivity index (χ4n) is 2.11. The van der Waals surface area contributed by atoms with Crippen LogP contribution in [-0.2, 0) is 10.0 Å². The SMILES string of the molecule is O=S(=O)(NCC[C@@H]1CCCN1)c1ccccc1Cl. The Morgan fingerprint density at radius 3 is 2.83 bits per heavy atom. The Bertz CT molecular complexity index is 499. The van der Waals surface area contributed by atoms with Gasteiger partial charge < -0.3 is 5.32 Å². The van der Waals surface area contributed by atoms with E-state index in [1.54, 1.807) is 18.2 Å². The van der Waals surface area contributed by atoms with Crippen LogP contribution in [0.25, 0.3) is 0 Å². The first-order chi connectivity index (χ1) is 8.59. The Kier molecular flexibility index (Phi) is 4.61. The van der Waals surface area contributed by atoms with Crippen molar-refractivity contribution in [2.45, 2.75) is 30.2 Å². The van der Waals surface area contributed by atoms with Gasteiger partial charge in [-0.1, -0.05) is 23.7 Å². The van der Waals surface area contributed by atoms with Crippen LogP contribution in [-0.4, -0.2) is 27.5 Å². The largest absolute Gasteiger partial charge is 0.314 e. The Balaban J connectivity index is 1.93. The molecule has 0 bridgehead atoms. The molecule has 2 N–H and O–H groups in total. The number of hydrogen-bond acceptors (Lipinski definition) is 3. The van der Waals surface area contributed by atoms with E-state index in [9.17, 15) is 8.42 Å². The fourth-order valence-corrected chi connectivity index (χ4v) is 3.68. The number of benzene rings is 1. The fraction of sp³-hybridized carbons (Fsp3) is 0.500. The minimum Gasteiger partial charge on any atom is -0.314 e. The molecule has 0 saturated carbocycles. The second-order valence-electron chi connectivity index (χ2n) is 4.41. The zero-order chi connectivity index (χ0) is 13.0. The maximum absolute atomic E-state index is 12.0. The number of sulfonamides is 1. The van der Waals surface area contributed by atoms with Gasteiger partial charge in [-0.3, -0.25) is 0 Å². The zero-order valence-corrected chi connectivity index (χ0v) is 11.6. The molecular weight excluding hydrogens is 272 g/mol. The molecule has 0 aromatic heterocycles. The van der Waals surface area contributed by atoms with Crippen LogP contribution in [0.5, 0.6) is 0 Å². The summed E-state index contributed by atoms with van der Waals surface area (Å²) in [5.41, 5.74) is 0. The van der Waals surface area contributed by atoms with Gasteiger partial charge in [0.2, 0.25) is 10.0 Å². The summed E-state index contributed by atoms with van der Waals surface area (Å²) < 4.78 is 26.6. The molecule has 1 saturated heterocycles. The van der Waals surface area contributed by atoms with Crippen LogP contribution in [0.15, 0.2) is 29.2 Å². The van der Waals surface area contributed by atoms with Crippen LogP contribution in [0.2, 0.25) is 5.02 Å². The summed E-state index contributed by atoms with van der Waals surface area (Å²) in [5, 5.41) is 3.59. The first-order valence-corrected chi connectivity index (χ1v) is 7.93. The van der Waals surface area contributed by atoms with Crippen molar-refractivity contribution in [2.75, 3.05) is 13.1 Å². The van der Waals surface area contributed by atoms with E-state index < -0.39 is 10.0 Å². The van der Waals surface area contributed by atoms with Gasteiger partial charge in [-0.15, -0.1) is 0 Å². The van der Waals surface area contributed by atoms with Crippen molar-refractivity contribution >= 4 is 21.6 Å². The molecule has 0 unspecified atom stereocenters. The highest BCUT2D eigenvalue weighted by molar-refractivity contribution is 7.89. The van der Waals surface area contributed by atoms with Gasteiger partial charge in [0, 0.05) is 12.6 Å². The molecule has 1 aliphatic heterocycles. The number of nitrogens with one attached hydrogen (secondary N) is 2. The zero-order valence-electron chi connectivity index (χ0n) is 10.0. The highest BCUT2D eigenvalue weighted by Crippen LogP contribution is 2.20. The molecule has 1 aromatic carbocycles. The first kappa shape index (κ1) is 13.8. The average molecular weight is 289 g/mol. The van der Waals surface area contributed by atoms with E-state index in [-0.39, 0.29) is 9.92 Å². The van der Waals surface area contributed by atoms with Gasteiger partial charge in [0.05, 0.1) is 5.02 Å². The van der Waals surface area contributed by atoms with Gasteiger partial charge in [-0.05, 0) is 37.9 Å². The van der Waals surface area contributed by atoms with E-state index in [1.165, 1.54) is 12.5 Å². The quantitative estimate of drug-likeness (QED) is 0.868. The molecule has 4 nitrogen and oxygen atoms in total. The number of halogens is 1. The highest BCUT2D eigenvalue weighted by atomic mass is 35.5. The molecule has 100 valence electrons. The van der Waals surface area contributed by atoms with Crippen LogP contribution in [0.4, 0.5) is 0 Å². The van der Waals surface area contributed by atoms with Gasteiger partial charge in [0.15, 0.2) is 0 Å². The van der Waals surface area contributed by atoms with Crippen molar-refractivity contribution in [1.82, 2.24) is 10.0 Å². The molecule has 0 amide bonds. The van der Waals surface area contributed by atoms with E-state index in [4.69, 9.17) is 11.6 Å². The van der Waals surface area contributed by atoms with Gasteiger partial charge >= 0.3 is 0 Å². The lowest BCUT2D eigenvalue weighted by atomic mass is 10.2. The van der Waals surface area contributed by atoms with Crippen molar-refractivity contribution in [3.63, 3.8) is 0 Å². The molecule has 1 heterocycles. The molecule has 18 heavy (non-hydrogen) atoms. The monoisotopic (exact) mass is 288 g/mol. The van der Waals surface area contributed by atoms with Crippen molar-refractivity contribution in [3.05, 3.63) is 29.3 Å². The smallest absolute Gasteiger partial charge is 0.242 e. The summed E-state index contributed by atoms with van der Waals surface area (Å²) >= 11 is 5.88. The average Bonchev–Trinajstić information content (AvgIpc) is 2.82. The Hall–Kier alpha value is -0.620. The maximum atomic E-state index is 12.0. The Labute approximate surface area is 113 Å². The van der Waals surface area contributed by atoms with Gasteiger partial charge in [0.1, 0.15) is 4.90 Å². The minimum atomic E-state index is -3.49. The molecular formula is C12H17ClN2O2S. The summed E-state index contributed by atoms with van der Waals surface area (Å²) in [5.74, 6) is 0. The third kappa shape index (κ3) is 3.45. The Morgan fingerprint density at radius 1 is 1.39 bits per heavy atom. The van der Waals surface area contributed by atoms with E-state index in [1.807, 2.05) is 0 Å². The third-order valence-electron chi connectivity index (χ3n) is 3.07. The summed E-state index contributed by atoms with van der Waals surface area (Å²) in [6.07, 6.45) is 3.10. The van der Waals surface area contributed by atoms with Crippen LogP contribution in [0.3, 0.4) is 0 Å².